The number of aromatic amines is 1. The first-order chi connectivity index (χ1) is 12.0. The molecular formula is C19H25N3O3. The summed E-state index contributed by atoms with van der Waals surface area (Å²) in [5, 5.41) is 16.8. The summed E-state index contributed by atoms with van der Waals surface area (Å²) in [6, 6.07) is 7.82. The fraction of sp³-hybridized carbons (Fsp3) is 0.474. The van der Waals surface area contributed by atoms with Gasteiger partial charge in [-0.25, -0.2) is 0 Å². The summed E-state index contributed by atoms with van der Waals surface area (Å²) in [5.41, 5.74) is 4.63. The molecule has 6 heteroatoms. The molecule has 1 amide bonds. The van der Waals surface area contributed by atoms with Gasteiger partial charge >= 0.3 is 0 Å². The number of aryl methyl sites for hydroxylation is 2. The molecule has 1 aliphatic heterocycles. The Morgan fingerprint density at radius 1 is 1.40 bits per heavy atom. The number of rotatable bonds is 4. The second-order valence-electron chi connectivity index (χ2n) is 6.78. The van der Waals surface area contributed by atoms with Crippen LogP contribution in [0.25, 0.3) is 11.3 Å². The molecule has 1 aliphatic rings. The number of aliphatic hydroxyl groups excluding tert-OH is 1. The van der Waals surface area contributed by atoms with E-state index in [0.717, 1.165) is 11.3 Å². The molecule has 1 fully saturated rings. The van der Waals surface area contributed by atoms with Gasteiger partial charge in [-0.15, -0.1) is 0 Å². The summed E-state index contributed by atoms with van der Waals surface area (Å²) in [6.45, 7) is 7.35. The first-order valence-corrected chi connectivity index (χ1v) is 8.65. The van der Waals surface area contributed by atoms with Gasteiger partial charge in [0.2, 0.25) is 0 Å². The minimum Gasteiger partial charge on any atom is -0.393 e. The number of H-pyrrole nitrogens is 1. The fourth-order valence-corrected chi connectivity index (χ4v) is 3.15. The van der Waals surface area contributed by atoms with Crippen molar-refractivity contribution in [3.8, 4) is 11.3 Å². The topological polar surface area (TPSA) is 78.5 Å². The Morgan fingerprint density at radius 2 is 2.20 bits per heavy atom. The summed E-state index contributed by atoms with van der Waals surface area (Å²) in [5.74, 6) is -0.100. The van der Waals surface area contributed by atoms with Crippen molar-refractivity contribution in [2.75, 3.05) is 19.8 Å². The second-order valence-corrected chi connectivity index (χ2v) is 6.78. The van der Waals surface area contributed by atoms with Crippen LogP contribution in [-0.2, 0) is 4.74 Å². The molecule has 0 unspecified atom stereocenters. The first kappa shape index (κ1) is 17.6. The molecule has 1 aromatic carbocycles. The molecule has 1 aromatic heterocycles. The molecule has 0 aliphatic carbocycles. The minimum absolute atomic E-state index is 0.100. The number of hydrogen-bond donors (Lipinski definition) is 2. The van der Waals surface area contributed by atoms with Crippen molar-refractivity contribution in [2.24, 2.45) is 0 Å². The molecule has 2 heterocycles. The van der Waals surface area contributed by atoms with E-state index >= 15 is 0 Å². The largest absolute Gasteiger partial charge is 0.393 e. The standard InChI is InChI=1S/C19H25N3O3/c1-12-4-5-15(8-13(12)2)17-10-18(21-20-17)19(24)22-6-7-25-11-16(22)9-14(3)23/h4-5,8,10,14,16,23H,6-7,9,11H2,1-3H3,(H,20,21)/t14-,16-/m0/s1. The molecule has 2 aromatic rings. The normalized spacial score (nSPS) is 19.0. The predicted molar refractivity (Wildman–Crippen MR) is 95.4 cm³/mol. The second kappa shape index (κ2) is 7.37. The number of aromatic nitrogens is 2. The van der Waals surface area contributed by atoms with Crippen molar-refractivity contribution in [3.63, 3.8) is 0 Å². The zero-order valence-corrected chi connectivity index (χ0v) is 15.0. The number of amides is 1. The third-order valence-electron chi connectivity index (χ3n) is 4.71. The van der Waals surface area contributed by atoms with Gasteiger partial charge in [0.05, 0.1) is 31.1 Å². The monoisotopic (exact) mass is 343 g/mol. The van der Waals surface area contributed by atoms with Crippen LogP contribution < -0.4 is 0 Å². The summed E-state index contributed by atoms with van der Waals surface area (Å²) in [4.78, 5) is 14.6. The molecule has 0 radical (unpaired) electrons. The van der Waals surface area contributed by atoms with Gasteiger partial charge in [-0.05, 0) is 50.5 Å². The Labute approximate surface area is 147 Å². The third kappa shape index (κ3) is 3.91. The zero-order chi connectivity index (χ0) is 18.0. The molecule has 0 saturated carbocycles. The van der Waals surface area contributed by atoms with Crippen LogP contribution in [0.4, 0.5) is 0 Å². The summed E-state index contributed by atoms with van der Waals surface area (Å²) in [7, 11) is 0. The number of hydrogen-bond acceptors (Lipinski definition) is 4. The van der Waals surface area contributed by atoms with Crippen LogP contribution >= 0.6 is 0 Å². The van der Waals surface area contributed by atoms with Crippen LogP contribution in [0, 0.1) is 13.8 Å². The lowest BCUT2D eigenvalue weighted by atomic mass is 10.0. The number of benzene rings is 1. The van der Waals surface area contributed by atoms with Gasteiger partial charge in [-0.1, -0.05) is 12.1 Å². The van der Waals surface area contributed by atoms with E-state index in [-0.39, 0.29) is 11.9 Å². The van der Waals surface area contributed by atoms with Crippen molar-refractivity contribution in [1.29, 1.82) is 0 Å². The van der Waals surface area contributed by atoms with E-state index in [9.17, 15) is 9.90 Å². The number of aliphatic hydroxyl groups is 1. The number of nitrogens with one attached hydrogen (secondary N) is 1. The Hall–Kier alpha value is -2.18. The average molecular weight is 343 g/mol. The van der Waals surface area contributed by atoms with Gasteiger partial charge in [0.15, 0.2) is 0 Å². The van der Waals surface area contributed by atoms with Crippen LogP contribution in [0.2, 0.25) is 0 Å². The molecule has 6 nitrogen and oxygen atoms in total. The predicted octanol–water partition coefficient (Wildman–Crippen LogP) is 2.31. The van der Waals surface area contributed by atoms with E-state index in [1.54, 1.807) is 17.9 Å². The van der Waals surface area contributed by atoms with Gasteiger partial charge in [0.25, 0.3) is 5.91 Å². The number of morpholine rings is 1. The molecule has 1 saturated heterocycles. The van der Waals surface area contributed by atoms with Gasteiger partial charge < -0.3 is 14.7 Å². The van der Waals surface area contributed by atoms with Crippen LogP contribution in [0.15, 0.2) is 24.3 Å². The lowest BCUT2D eigenvalue weighted by Crippen LogP contribution is -2.49. The smallest absolute Gasteiger partial charge is 0.272 e. The van der Waals surface area contributed by atoms with Crippen LogP contribution in [-0.4, -0.2) is 58.0 Å². The lowest BCUT2D eigenvalue weighted by Gasteiger charge is -2.36. The summed E-state index contributed by atoms with van der Waals surface area (Å²) in [6.07, 6.45) is 0.0269. The SMILES string of the molecule is Cc1ccc(-c2cc(C(=O)N3CCOC[C@@H]3C[C@H](C)O)[nH]n2)cc1C. The Kier molecular flexibility index (Phi) is 5.20. The average Bonchev–Trinajstić information content (AvgIpc) is 3.07. The Bertz CT molecular complexity index is 754. The maximum Gasteiger partial charge on any atom is 0.272 e. The van der Waals surface area contributed by atoms with E-state index in [2.05, 4.69) is 36.2 Å². The van der Waals surface area contributed by atoms with Crippen molar-refractivity contribution >= 4 is 5.91 Å². The van der Waals surface area contributed by atoms with E-state index in [4.69, 9.17) is 4.74 Å². The molecule has 25 heavy (non-hydrogen) atoms. The molecule has 0 spiro atoms. The maximum atomic E-state index is 12.9. The summed E-state index contributed by atoms with van der Waals surface area (Å²) < 4.78 is 5.47. The first-order valence-electron chi connectivity index (χ1n) is 8.65. The lowest BCUT2D eigenvalue weighted by molar-refractivity contribution is -0.0155. The molecule has 134 valence electrons. The van der Waals surface area contributed by atoms with Crippen molar-refractivity contribution in [2.45, 2.75) is 39.3 Å². The van der Waals surface area contributed by atoms with Gasteiger partial charge in [0.1, 0.15) is 5.69 Å². The fourth-order valence-electron chi connectivity index (χ4n) is 3.15. The van der Waals surface area contributed by atoms with Gasteiger partial charge in [-0.3, -0.25) is 9.89 Å². The summed E-state index contributed by atoms with van der Waals surface area (Å²) >= 11 is 0. The van der Waals surface area contributed by atoms with E-state index in [0.29, 0.717) is 31.9 Å². The highest BCUT2D eigenvalue weighted by atomic mass is 16.5. The van der Waals surface area contributed by atoms with Crippen molar-refractivity contribution < 1.29 is 14.6 Å². The quantitative estimate of drug-likeness (QED) is 0.893. The highest BCUT2D eigenvalue weighted by Crippen LogP contribution is 2.22. The Morgan fingerprint density at radius 3 is 2.92 bits per heavy atom. The number of carbonyl (C=O) groups excluding carboxylic acids is 1. The highest BCUT2D eigenvalue weighted by Gasteiger charge is 2.30. The number of ether oxygens (including phenoxy) is 1. The third-order valence-corrected chi connectivity index (χ3v) is 4.71. The maximum absolute atomic E-state index is 12.9. The molecule has 0 bridgehead atoms. The molecule has 2 N–H and O–H groups in total. The van der Waals surface area contributed by atoms with Gasteiger partial charge in [0, 0.05) is 12.1 Å². The van der Waals surface area contributed by atoms with E-state index in [1.165, 1.54) is 11.1 Å². The number of carbonyl (C=O) groups is 1. The van der Waals surface area contributed by atoms with Crippen molar-refractivity contribution in [1.82, 2.24) is 15.1 Å². The number of nitrogens with zero attached hydrogens (tertiary/aromatic N) is 2. The minimum atomic E-state index is -0.477. The molecule has 3 rings (SSSR count). The van der Waals surface area contributed by atoms with Crippen LogP contribution in [0.3, 0.4) is 0 Å². The van der Waals surface area contributed by atoms with Crippen LogP contribution in [0.5, 0.6) is 0 Å². The highest BCUT2D eigenvalue weighted by molar-refractivity contribution is 5.93. The van der Waals surface area contributed by atoms with Crippen LogP contribution in [0.1, 0.15) is 35.0 Å². The van der Waals surface area contributed by atoms with Crippen molar-refractivity contribution in [3.05, 3.63) is 41.1 Å². The molecular weight excluding hydrogens is 318 g/mol. The zero-order valence-electron chi connectivity index (χ0n) is 15.0. The van der Waals surface area contributed by atoms with Gasteiger partial charge in [-0.2, -0.15) is 5.10 Å². The van der Waals surface area contributed by atoms with E-state index < -0.39 is 6.10 Å². The Balaban J connectivity index is 1.80. The molecule has 2 atom stereocenters. The van der Waals surface area contributed by atoms with E-state index in [1.807, 2.05) is 6.07 Å².